The highest BCUT2D eigenvalue weighted by atomic mass is 19.1. The quantitative estimate of drug-likeness (QED) is 0.728. The molecular weight excluding hydrogens is 369 g/mol. The lowest BCUT2D eigenvalue weighted by Gasteiger charge is -2.31. The number of aliphatic imine (C=N–C) groups is 1. The molecule has 0 fully saturated rings. The fourth-order valence-electron chi connectivity index (χ4n) is 3.42. The van der Waals surface area contributed by atoms with Crippen LogP contribution in [0.1, 0.15) is 17.5 Å². The van der Waals surface area contributed by atoms with E-state index in [9.17, 15) is 9.18 Å². The lowest BCUT2D eigenvalue weighted by molar-refractivity contribution is -0.118. The van der Waals surface area contributed by atoms with Crippen LogP contribution in [0.3, 0.4) is 0 Å². The van der Waals surface area contributed by atoms with Crippen molar-refractivity contribution in [1.82, 2.24) is 15.2 Å². The highest BCUT2D eigenvalue weighted by Gasteiger charge is 2.34. The third kappa shape index (κ3) is 3.94. The number of halogens is 1. The smallest absolute Gasteiger partial charge is 0.218 e. The molecule has 4 rings (SSSR count). The van der Waals surface area contributed by atoms with Crippen molar-refractivity contribution in [3.8, 4) is 11.3 Å². The van der Waals surface area contributed by atoms with Gasteiger partial charge in [0.25, 0.3) is 0 Å². The number of benzene rings is 1. The molecule has 0 bridgehead atoms. The van der Waals surface area contributed by atoms with Crippen molar-refractivity contribution < 1.29 is 9.18 Å². The lowest BCUT2D eigenvalue weighted by atomic mass is 9.76. The zero-order valence-electron chi connectivity index (χ0n) is 15.5. The molecule has 3 aromatic rings. The molecule has 0 aliphatic carbocycles. The maximum absolute atomic E-state index is 13.5. The van der Waals surface area contributed by atoms with Gasteiger partial charge in [0.05, 0.1) is 30.3 Å². The number of hydrogen-bond donors (Lipinski definition) is 1. The first kappa shape index (κ1) is 18.6. The van der Waals surface area contributed by atoms with Crippen LogP contribution < -0.4 is 5.73 Å². The van der Waals surface area contributed by atoms with Gasteiger partial charge in [0.15, 0.2) is 0 Å². The molecule has 0 spiro atoms. The van der Waals surface area contributed by atoms with Crippen LogP contribution in [0.4, 0.5) is 4.39 Å². The molecule has 1 atom stereocenters. The van der Waals surface area contributed by atoms with Crippen molar-refractivity contribution in [2.75, 3.05) is 6.54 Å². The number of carbonyl (C=O) groups excluding carboxylic acids is 1. The molecule has 0 saturated heterocycles. The first-order chi connectivity index (χ1) is 14.1. The van der Waals surface area contributed by atoms with E-state index in [-0.39, 0.29) is 12.2 Å². The molecule has 2 aromatic heterocycles. The van der Waals surface area contributed by atoms with Crippen molar-refractivity contribution in [1.29, 1.82) is 0 Å². The number of allylic oxidation sites excluding steroid dienone is 1. The Morgan fingerprint density at radius 2 is 2.00 bits per heavy atom. The zero-order valence-corrected chi connectivity index (χ0v) is 15.5. The largest absolute Gasteiger partial charge is 0.370 e. The Bertz CT molecular complexity index is 1100. The van der Waals surface area contributed by atoms with Gasteiger partial charge >= 0.3 is 0 Å². The van der Waals surface area contributed by atoms with Gasteiger partial charge in [0.1, 0.15) is 5.82 Å². The molecule has 0 saturated carbocycles. The van der Waals surface area contributed by atoms with Crippen LogP contribution >= 0.6 is 0 Å². The minimum Gasteiger partial charge on any atom is -0.370 e. The topological polar surface area (TPSA) is 94.1 Å². The first-order valence-electron chi connectivity index (χ1n) is 9.07. The summed E-state index contributed by atoms with van der Waals surface area (Å²) in [6.07, 6.45) is 8.85. The Morgan fingerprint density at radius 1 is 1.10 bits per heavy atom. The number of pyridine rings is 1. The summed E-state index contributed by atoms with van der Waals surface area (Å²) in [5, 5.41) is 7.64. The van der Waals surface area contributed by atoms with E-state index in [1.54, 1.807) is 30.7 Å². The van der Waals surface area contributed by atoms with Gasteiger partial charge < -0.3 is 5.73 Å². The molecule has 3 heterocycles. The standard InChI is InChI=1S/C22H18FN5O/c23-18-3-1-2-15(10-18)19-5-4-17(13-25-19)22(11-21(24)29)8-6-20(26-14-22)16-7-9-27-28-12-16/h1-10,12-13H,11,14H2,(H2,24,29). The van der Waals surface area contributed by atoms with E-state index in [2.05, 4.69) is 20.2 Å². The third-order valence-electron chi connectivity index (χ3n) is 4.92. The maximum atomic E-state index is 13.5. The van der Waals surface area contributed by atoms with Gasteiger partial charge in [-0.3, -0.25) is 14.8 Å². The summed E-state index contributed by atoms with van der Waals surface area (Å²) in [4.78, 5) is 20.9. The van der Waals surface area contributed by atoms with Crippen LogP contribution in [0.15, 0.2) is 78.2 Å². The number of aromatic nitrogens is 3. The van der Waals surface area contributed by atoms with Gasteiger partial charge in [-0.05, 0) is 35.9 Å². The van der Waals surface area contributed by atoms with Gasteiger partial charge in [-0.25, -0.2) is 4.39 Å². The Labute approximate surface area is 167 Å². The van der Waals surface area contributed by atoms with Crippen molar-refractivity contribution in [2.45, 2.75) is 11.8 Å². The van der Waals surface area contributed by atoms with Gasteiger partial charge in [-0.15, -0.1) is 0 Å². The fraction of sp³-hybridized carbons (Fsp3) is 0.136. The average molecular weight is 387 g/mol. The molecule has 2 N–H and O–H groups in total. The van der Waals surface area contributed by atoms with E-state index in [1.807, 2.05) is 30.4 Å². The van der Waals surface area contributed by atoms with Gasteiger partial charge in [-0.2, -0.15) is 10.2 Å². The first-order valence-corrected chi connectivity index (χ1v) is 9.07. The predicted molar refractivity (Wildman–Crippen MR) is 108 cm³/mol. The number of carbonyl (C=O) groups is 1. The van der Waals surface area contributed by atoms with Gasteiger partial charge in [0, 0.05) is 29.2 Å². The molecule has 1 unspecified atom stereocenters. The number of rotatable bonds is 5. The van der Waals surface area contributed by atoms with Crippen molar-refractivity contribution in [3.05, 3.63) is 90.2 Å². The number of nitrogens with zero attached hydrogens (tertiary/aromatic N) is 4. The molecule has 6 nitrogen and oxygen atoms in total. The fourth-order valence-corrected chi connectivity index (χ4v) is 3.42. The minimum atomic E-state index is -0.677. The third-order valence-corrected chi connectivity index (χ3v) is 4.92. The maximum Gasteiger partial charge on any atom is 0.218 e. The Balaban J connectivity index is 1.65. The molecule has 7 heteroatoms. The molecule has 1 aromatic carbocycles. The second-order valence-corrected chi connectivity index (χ2v) is 6.91. The van der Waals surface area contributed by atoms with Gasteiger partial charge in [-0.1, -0.05) is 24.3 Å². The van der Waals surface area contributed by atoms with E-state index in [0.717, 1.165) is 16.8 Å². The summed E-state index contributed by atoms with van der Waals surface area (Å²) < 4.78 is 13.5. The normalized spacial score (nSPS) is 18.3. The van der Waals surface area contributed by atoms with E-state index in [1.165, 1.54) is 12.1 Å². The highest BCUT2D eigenvalue weighted by molar-refractivity contribution is 6.09. The summed E-state index contributed by atoms with van der Waals surface area (Å²) >= 11 is 0. The highest BCUT2D eigenvalue weighted by Crippen LogP contribution is 2.33. The van der Waals surface area contributed by atoms with Crippen LogP contribution in [0.25, 0.3) is 11.3 Å². The molecule has 1 amide bonds. The van der Waals surface area contributed by atoms with E-state index in [0.29, 0.717) is 17.8 Å². The average Bonchev–Trinajstić information content (AvgIpc) is 2.75. The summed E-state index contributed by atoms with van der Waals surface area (Å²) in [6, 6.07) is 11.8. The SMILES string of the molecule is NC(=O)CC1(c2ccc(-c3cccc(F)c3)nc2)C=CC(c2ccnnc2)=NC1. The second kappa shape index (κ2) is 7.71. The molecule has 144 valence electrons. The molecule has 0 radical (unpaired) electrons. The Kier molecular flexibility index (Phi) is 4.95. The number of hydrogen-bond acceptors (Lipinski definition) is 5. The van der Waals surface area contributed by atoms with E-state index >= 15 is 0 Å². The second-order valence-electron chi connectivity index (χ2n) is 6.91. The van der Waals surface area contributed by atoms with Crippen LogP contribution in [0, 0.1) is 5.82 Å². The molecular formula is C22H18FN5O. The van der Waals surface area contributed by atoms with Crippen LogP contribution in [-0.4, -0.2) is 33.3 Å². The van der Waals surface area contributed by atoms with Crippen molar-refractivity contribution in [2.24, 2.45) is 10.7 Å². The number of dihydropyridines is 1. The van der Waals surface area contributed by atoms with Crippen LogP contribution in [-0.2, 0) is 10.2 Å². The van der Waals surface area contributed by atoms with E-state index < -0.39 is 11.3 Å². The number of nitrogens with two attached hydrogens (primary N) is 1. The molecule has 29 heavy (non-hydrogen) atoms. The minimum absolute atomic E-state index is 0.107. The molecule has 1 aliphatic heterocycles. The van der Waals surface area contributed by atoms with E-state index in [4.69, 9.17) is 5.73 Å². The lowest BCUT2D eigenvalue weighted by Crippen LogP contribution is -2.35. The number of primary amides is 1. The summed E-state index contributed by atoms with van der Waals surface area (Å²) in [6.45, 7) is 0.352. The monoisotopic (exact) mass is 387 g/mol. The summed E-state index contributed by atoms with van der Waals surface area (Å²) in [5.74, 6) is -0.741. The van der Waals surface area contributed by atoms with Gasteiger partial charge in [0.2, 0.25) is 5.91 Å². The Morgan fingerprint density at radius 3 is 2.62 bits per heavy atom. The van der Waals surface area contributed by atoms with Crippen LogP contribution in [0.2, 0.25) is 0 Å². The van der Waals surface area contributed by atoms with Crippen LogP contribution in [0.5, 0.6) is 0 Å². The summed E-state index contributed by atoms with van der Waals surface area (Å²) in [7, 11) is 0. The van der Waals surface area contributed by atoms with Crippen molar-refractivity contribution in [3.63, 3.8) is 0 Å². The van der Waals surface area contributed by atoms with Crippen molar-refractivity contribution >= 4 is 11.6 Å². The molecule has 1 aliphatic rings. The predicted octanol–water partition coefficient (Wildman–Crippen LogP) is 2.85. The zero-order chi connectivity index (χ0) is 20.3. The summed E-state index contributed by atoms with van der Waals surface area (Å²) in [5.41, 5.74) is 8.62. The Hall–Kier alpha value is -3.74. The number of amides is 1.